The average Bonchev–Trinajstić information content (AvgIpc) is 2.81. The van der Waals surface area contributed by atoms with Gasteiger partial charge in [-0.2, -0.15) is 0 Å². The zero-order chi connectivity index (χ0) is 17.3. The number of nitrogens with zero attached hydrogens (tertiary/aromatic N) is 1. The number of piperidine rings is 1. The third-order valence-corrected chi connectivity index (χ3v) is 4.65. The zero-order valence-electron chi connectivity index (χ0n) is 14.5. The molecule has 136 valence electrons. The van der Waals surface area contributed by atoms with E-state index in [0.717, 1.165) is 30.8 Å². The molecule has 0 aliphatic carbocycles. The molecule has 0 spiro atoms. The van der Waals surface area contributed by atoms with Crippen LogP contribution in [0.5, 0.6) is 0 Å². The fourth-order valence-electron chi connectivity index (χ4n) is 3.44. The van der Waals surface area contributed by atoms with E-state index in [1.54, 1.807) is 24.3 Å². The maximum atomic E-state index is 12.8. The van der Waals surface area contributed by atoms with Crippen LogP contribution in [0.3, 0.4) is 0 Å². The lowest BCUT2D eigenvalue weighted by atomic mass is 10.00. The molecular weight excluding hydrogens is 342 g/mol. The number of hydrogen-bond donors (Lipinski definition) is 2. The highest BCUT2D eigenvalue weighted by molar-refractivity contribution is 6.22. The fourth-order valence-corrected chi connectivity index (χ4v) is 3.44. The van der Waals surface area contributed by atoms with Gasteiger partial charge in [-0.05, 0) is 37.4 Å². The predicted octanol–water partition coefficient (Wildman–Crippen LogP) is 1.60. The Labute approximate surface area is 153 Å². The van der Waals surface area contributed by atoms with Gasteiger partial charge in [0.25, 0.3) is 11.8 Å². The van der Waals surface area contributed by atoms with Gasteiger partial charge in [0.15, 0.2) is 0 Å². The van der Waals surface area contributed by atoms with Gasteiger partial charge in [-0.1, -0.05) is 26.0 Å². The van der Waals surface area contributed by atoms with Crippen molar-refractivity contribution in [1.82, 2.24) is 15.5 Å². The van der Waals surface area contributed by atoms with E-state index in [2.05, 4.69) is 10.6 Å². The molecule has 1 fully saturated rings. The number of benzene rings is 1. The molecular formula is C18H24ClN3O3. The molecule has 2 N–H and O–H groups in total. The molecule has 1 unspecified atom stereocenters. The first-order valence-electron chi connectivity index (χ1n) is 8.48. The molecule has 1 saturated heterocycles. The number of hydrogen-bond acceptors (Lipinski definition) is 4. The number of nitrogens with one attached hydrogen (secondary N) is 2. The van der Waals surface area contributed by atoms with Crippen molar-refractivity contribution in [3.63, 3.8) is 0 Å². The van der Waals surface area contributed by atoms with E-state index in [4.69, 9.17) is 0 Å². The van der Waals surface area contributed by atoms with Gasteiger partial charge >= 0.3 is 0 Å². The summed E-state index contributed by atoms with van der Waals surface area (Å²) < 4.78 is 0. The molecule has 7 heteroatoms. The lowest BCUT2D eigenvalue weighted by molar-refractivity contribution is -0.127. The van der Waals surface area contributed by atoms with Gasteiger partial charge in [0.05, 0.1) is 11.1 Å². The maximum Gasteiger partial charge on any atom is 0.262 e. The van der Waals surface area contributed by atoms with E-state index in [9.17, 15) is 14.4 Å². The van der Waals surface area contributed by atoms with Crippen molar-refractivity contribution in [2.45, 2.75) is 38.8 Å². The first kappa shape index (κ1) is 19.4. The van der Waals surface area contributed by atoms with Crippen LogP contribution in [0.15, 0.2) is 24.3 Å². The summed E-state index contributed by atoms with van der Waals surface area (Å²) in [4.78, 5) is 39.2. The Morgan fingerprint density at radius 1 is 1.20 bits per heavy atom. The number of imide groups is 1. The second kappa shape index (κ2) is 7.97. The summed E-state index contributed by atoms with van der Waals surface area (Å²) in [6, 6.07) is 5.98. The summed E-state index contributed by atoms with van der Waals surface area (Å²) in [7, 11) is 0. The Morgan fingerprint density at radius 2 is 1.80 bits per heavy atom. The topological polar surface area (TPSA) is 78.5 Å². The maximum absolute atomic E-state index is 12.8. The van der Waals surface area contributed by atoms with Gasteiger partial charge < -0.3 is 10.6 Å². The van der Waals surface area contributed by atoms with Crippen molar-refractivity contribution in [2.24, 2.45) is 5.92 Å². The standard InChI is InChI=1S/C18H23N3O3.ClH/c1-11(2)15(16(22)20-12-6-5-9-19-10-12)21-17(23)13-7-3-4-8-14(13)18(21)24;/h3-4,7-8,11-12,15,19H,5-6,9-10H2,1-2H3,(H,20,22);1H/t12-,15?;/m0./s1. The molecule has 2 aliphatic rings. The van der Waals surface area contributed by atoms with Crippen LogP contribution in [0.4, 0.5) is 0 Å². The number of carbonyl (C=O) groups excluding carboxylic acids is 3. The van der Waals surface area contributed by atoms with Crippen LogP contribution in [-0.4, -0.2) is 47.8 Å². The van der Waals surface area contributed by atoms with Crippen LogP contribution < -0.4 is 10.6 Å². The summed E-state index contributed by atoms with van der Waals surface area (Å²) in [5.41, 5.74) is 0.751. The highest BCUT2D eigenvalue weighted by Crippen LogP contribution is 2.27. The zero-order valence-corrected chi connectivity index (χ0v) is 15.3. The molecule has 3 rings (SSSR count). The van der Waals surface area contributed by atoms with E-state index < -0.39 is 6.04 Å². The third-order valence-electron chi connectivity index (χ3n) is 4.65. The largest absolute Gasteiger partial charge is 0.350 e. The van der Waals surface area contributed by atoms with Gasteiger partial charge in [0.1, 0.15) is 6.04 Å². The van der Waals surface area contributed by atoms with Gasteiger partial charge in [-0.15, -0.1) is 12.4 Å². The Morgan fingerprint density at radius 3 is 2.28 bits per heavy atom. The molecule has 25 heavy (non-hydrogen) atoms. The minimum Gasteiger partial charge on any atom is -0.350 e. The Bertz CT molecular complexity index is 636. The van der Waals surface area contributed by atoms with E-state index in [1.165, 1.54) is 0 Å². The van der Waals surface area contributed by atoms with Crippen LogP contribution in [0, 0.1) is 5.92 Å². The Hall–Kier alpha value is -1.92. The number of amides is 3. The fraction of sp³-hybridized carbons (Fsp3) is 0.500. The quantitative estimate of drug-likeness (QED) is 0.794. The molecule has 2 heterocycles. The van der Waals surface area contributed by atoms with E-state index in [1.807, 2.05) is 13.8 Å². The van der Waals surface area contributed by atoms with Crippen molar-refractivity contribution in [2.75, 3.05) is 13.1 Å². The van der Waals surface area contributed by atoms with Gasteiger partial charge in [-0.25, -0.2) is 0 Å². The molecule has 0 radical (unpaired) electrons. The third kappa shape index (κ3) is 3.70. The van der Waals surface area contributed by atoms with Crippen LogP contribution in [0.1, 0.15) is 47.4 Å². The molecule has 3 amide bonds. The predicted molar refractivity (Wildman–Crippen MR) is 96.9 cm³/mol. The van der Waals surface area contributed by atoms with Gasteiger partial charge in [0, 0.05) is 12.6 Å². The van der Waals surface area contributed by atoms with Crippen LogP contribution >= 0.6 is 12.4 Å². The lowest BCUT2D eigenvalue weighted by Gasteiger charge is -2.31. The number of halogens is 1. The van der Waals surface area contributed by atoms with E-state index >= 15 is 0 Å². The average molecular weight is 366 g/mol. The van der Waals surface area contributed by atoms with Crippen molar-refractivity contribution in [3.8, 4) is 0 Å². The lowest BCUT2D eigenvalue weighted by Crippen LogP contribution is -2.56. The van der Waals surface area contributed by atoms with E-state index in [-0.39, 0.29) is 42.1 Å². The number of carbonyl (C=O) groups is 3. The summed E-state index contributed by atoms with van der Waals surface area (Å²) in [6.07, 6.45) is 1.91. The van der Waals surface area contributed by atoms with Gasteiger partial charge in [-0.3, -0.25) is 19.3 Å². The number of rotatable bonds is 4. The highest BCUT2D eigenvalue weighted by Gasteiger charge is 2.44. The minimum absolute atomic E-state index is 0. The second-order valence-corrected chi connectivity index (χ2v) is 6.77. The normalized spacial score (nSPS) is 20.9. The summed E-state index contributed by atoms with van der Waals surface area (Å²) >= 11 is 0. The summed E-state index contributed by atoms with van der Waals surface area (Å²) in [5, 5.41) is 6.24. The molecule has 1 aromatic rings. The van der Waals surface area contributed by atoms with Gasteiger partial charge in [0.2, 0.25) is 5.91 Å². The monoisotopic (exact) mass is 365 g/mol. The number of fused-ring (bicyclic) bond motifs is 1. The van der Waals surface area contributed by atoms with Crippen molar-refractivity contribution in [3.05, 3.63) is 35.4 Å². The molecule has 2 atom stereocenters. The van der Waals surface area contributed by atoms with Crippen molar-refractivity contribution in [1.29, 1.82) is 0 Å². The van der Waals surface area contributed by atoms with Crippen molar-refractivity contribution < 1.29 is 14.4 Å². The minimum atomic E-state index is -0.792. The molecule has 2 aliphatic heterocycles. The van der Waals surface area contributed by atoms with E-state index in [0.29, 0.717) is 11.1 Å². The smallest absolute Gasteiger partial charge is 0.262 e. The molecule has 1 aromatic carbocycles. The second-order valence-electron chi connectivity index (χ2n) is 6.77. The van der Waals surface area contributed by atoms with Crippen LogP contribution in [0.2, 0.25) is 0 Å². The molecule has 0 aromatic heterocycles. The van der Waals surface area contributed by atoms with Crippen LogP contribution in [-0.2, 0) is 4.79 Å². The highest BCUT2D eigenvalue weighted by atomic mass is 35.5. The Balaban J connectivity index is 0.00000225. The SMILES string of the molecule is CC(C)C(C(=O)N[C@H]1CCCNC1)N1C(=O)c2ccccc2C1=O.Cl. The summed E-state index contributed by atoms with van der Waals surface area (Å²) in [6.45, 7) is 5.39. The Kier molecular flexibility index (Phi) is 6.19. The summed E-state index contributed by atoms with van der Waals surface area (Å²) in [5.74, 6) is -1.19. The van der Waals surface area contributed by atoms with Crippen LogP contribution in [0.25, 0.3) is 0 Å². The van der Waals surface area contributed by atoms with Crippen molar-refractivity contribution >= 4 is 30.1 Å². The molecule has 0 bridgehead atoms. The first-order chi connectivity index (χ1) is 11.5. The molecule has 0 saturated carbocycles. The first-order valence-corrected chi connectivity index (χ1v) is 8.48. The molecule has 6 nitrogen and oxygen atoms in total.